The highest BCUT2D eigenvalue weighted by atomic mass is 35.8. The molecule has 0 amide bonds. The molecule has 0 aliphatic rings. The average molecular weight is 468 g/mol. The number of hydrogen-bond donors (Lipinski definition) is 0. The van der Waals surface area contributed by atoms with Gasteiger partial charge in [0.25, 0.3) is 0 Å². The van der Waals surface area contributed by atoms with Gasteiger partial charge in [0.1, 0.15) is 5.91 Å². The molecule has 0 unspecified atom stereocenters. The maximum absolute atomic E-state index is 6.28. The summed E-state index contributed by atoms with van der Waals surface area (Å²) >= 11 is 17.7. The van der Waals surface area contributed by atoms with Gasteiger partial charge in [-0.05, 0) is 45.3 Å². The van der Waals surface area contributed by atoms with Crippen LogP contribution >= 0.6 is 33.2 Å². The number of halogens is 3. The first kappa shape index (κ1) is 25.7. The summed E-state index contributed by atoms with van der Waals surface area (Å²) in [5.74, 6) is 0.137. The molecule has 0 aliphatic carbocycles. The standard InChI is InChI=1S/C15H37Cl3O2Si4/c1-22(2,3)19-15(20-23(4,5)6)21-13-11-9-7-8-10-12-14-24(16,17)18/h15H,7-14,21H2,1-6H3. The number of rotatable bonds is 14. The minimum absolute atomic E-state index is 0.137. The molecule has 0 rings (SSSR count). The monoisotopic (exact) mass is 466 g/mol. The minimum Gasteiger partial charge on any atom is -0.398 e. The van der Waals surface area contributed by atoms with Gasteiger partial charge in [0, 0.05) is 0 Å². The minimum atomic E-state index is -2.39. The normalized spacial score (nSPS) is 14.2. The third kappa shape index (κ3) is 20.0. The maximum Gasteiger partial charge on any atom is 0.341 e. The first-order valence-corrected chi connectivity index (χ1v) is 23.1. The van der Waals surface area contributed by atoms with E-state index in [-0.39, 0.29) is 15.4 Å². The second-order valence-corrected chi connectivity index (χ2v) is 28.7. The Bertz CT molecular complexity index is 312. The molecule has 146 valence electrons. The summed E-state index contributed by atoms with van der Waals surface area (Å²) in [5, 5.41) is 0. The molecule has 0 aromatic rings. The van der Waals surface area contributed by atoms with Crippen molar-refractivity contribution in [1.29, 1.82) is 0 Å². The molecular weight excluding hydrogens is 431 g/mol. The van der Waals surface area contributed by atoms with Gasteiger partial charge in [-0.25, -0.2) is 0 Å². The first-order valence-electron chi connectivity index (χ1n) is 9.21. The maximum atomic E-state index is 6.28. The quantitative estimate of drug-likeness (QED) is 0.125. The van der Waals surface area contributed by atoms with Gasteiger partial charge in [-0.2, -0.15) is 0 Å². The van der Waals surface area contributed by atoms with Gasteiger partial charge in [-0.3, -0.25) is 0 Å². The van der Waals surface area contributed by atoms with E-state index in [4.69, 9.17) is 42.1 Å². The van der Waals surface area contributed by atoms with Gasteiger partial charge in [-0.1, -0.05) is 44.6 Å². The second-order valence-electron chi connectivity index (χ2n) is 8.52. The average Bonchev–Trinajstić information content (AvgIpc) is 2.31. The van der Waals surface area contributed by atoms with E-state index in [2.05, 4.69) is 39.3 Å². The summed E-state index contributed by atoms with van der Waals surface area (Å²) in [6.07, 6.45) is 7.43. The molecule has 0 aromatic heterocycles. The van der Waals surface area contributed by atoms with Crippen molar-refractivity contribution in [2.24, 2.45) is 0 Å². The van der Waals surface area contributed by atoms with Crippen LogP contribution in [0.2, 0.25) is 51.4 Å². The fraction of sp³-hybridized carbons (Fsp3) is 1.00. The highest BCUT2D eigenvalue weighted by molar-refractivity contribution is 7.64. The van der Waals surface area contributed by atoms with Gasteiger partial charge < -0.3 is 8.85 Å². The highest BCUT2D eigenvalue weighted by Gasteiger charge is 2.26. The van der Waals surface area contributed by atoms with Gasteiger partial charge in [0.2, 0.25) is 0 Å². The van der Waals surface area contributed by atoms with Crippen molar-refractivity contribution >= 4 is 65.4 Å². The zero-order valence-corrected chi connectivity index (χ0v) is 23.1. The lowest BCUT2D eigenvalue weighted by Gasteiger charge is -2.31. The topological polar surface area (TPSA) is 18.5 Å². The van der Waals surface area contributed by atoms with Crippen molar-refractivity contribution in [1.82, 2.24) is 0 Å². The Morgan fingerprint density at radius 2 is 1.12 bits per heavy atom. The van der Waals surface area contributed by atoms with Gasteiger partial charge in [0.15, 0.2) is 16.6 Å². The molecule has 0 atom stereocenters. The summed E-state index contributed by atoms with van der Waals surface area (Å²) in [4.78, 5) is 0. The first-order chi connectivity index (χ1) is 10.8. The molecule has 0 spiro atoms. The van der Waals surface area contributed by atoms with Crippen molar-refractivity contribution < 1.29 is 8.85 Å². The van der Waals surface area contributed by atoms with Crippen molar-refractivity contribution in [2.75, 3.05) is 0 Å². The van der Waals surface area contributed by atoms with E-state index in [9.17, 15) is 0 Å². The van der Waals surface area contributed by atoms with Crippen LogP contribution in [0.4, 0.5) is 0 Å². The van der Waals surface area contributed by atoms with E-state index >= 15 is 0 Å². The van der Waals surface area contributed by atoms with Gasteiger partial charge >= 0.3 is 6.00 Å². The molecule has 0 saturated carbocycles. The van der Waals surface area contributed by atoms with E-state index in [1.54, 1.807) is 0 Å². The summed E-state index contributed by atoms with van der Waals surface area (Å²) in [6, 6.07) is -0.270. The van der Waals surface area contributed by atoms with E-state index < -0.39 is 22.6 Å². The lowest BCUT2D eigenvalue weighted by molar-refractivity contribution is 0.0604. The Morgan fingerprint density at radius 1 is 0.708 bits per heavy atom. The van der Waals surface area contributed by atoms with Crippen molar-refractivity contribution in [3.63, 3.8) is 0 Å². The van der Waals surface area contributed by atoms with Crippen LogP contribution in [0.25, 0.3) is 0 Å². The third-order valence-corrected chi connectivity index (χ3v) is 10.3. The molecular formula is C15H37Cl3O2Si4. The van der Waals surface area contributed by atoms with Crippen LogP contribution in [-0.4, -0.2) is 38.1 Å². The van der Waals surface area contributed by atoms with Crippen LogP contribution in [0.15, 0.2) is 0 Å². The van der Waals surface area contributed by atoms with Crippen LogP contribution in [0.5, 0.6) is 0 Å². The van der Waals surface area contributed by atoms with E-state index in [0.29, 0.717) is 0 Å². The lowest BCUT2D eigenvalue weighted by Crippen LogP contribution is -2.42. The molecule has 0 radical (unpaired) electrons. The highest BCUT2D eigenvalue weighted by Crippen LogP contribution is 2.27. The van der Waals surface area contributed by atoms with Crippen LogP contribution in [0.3, 0.4) is 0 Å². The van der Waals surface area contributed by atoms with Crippen LogP contribution < -0.4 is 0 Å². The van der Waals surface area contributed by atoms with Crippen LogP contribution in [0.1, 0.15) is 38.5 Å². The molecule has 0 saturated heterocycles. The predicted molar refractivity (Wildman–Crippen MR) is 122 cm³/mol. The molecule has 24 heavy (non-hydrogen) atoms. The smallest absolute Gasteiger partial charge is 0.341 e. The predicted octanol–water partition coefficient (Wildman–Crippen LogP) is 6.56. The Labute approximate surface area is 169 Å². The largest absolute Gasteiger partial charge is 0.398 e. The van der Waals surface area contributed by atoms with E-state index in [1.807, 2.05) is 0 Å². The summed E-state index contributed by atoms with van der Waals surface area (Å²) in [6.45, 7) is 13.5. The molecule has 0 aliphatic heterocycles. The molecule has 0 N–H and O–H groups in total. The van der Waals surface area contributed by atoms with Crippen molar-refractivity contribution in [2.45, 2.75) is 95.8 Å². The molecule has 2 nitrogen and oxygen atoms in total. The van der Waals surface area contributed by atoms with Crippen LogP contribution in [-0.2, 0) is 8.85 Å². The molecule has 0 bridgehead atoms. The molecule has 9 heteroatoms. The number of hydrogen-bond acceptors (Lipinski definition) is 2. The third-order valence-electron chi connectivity index (χ3n) is 3.37. The van der Waals surface area contributed by atoms with Gasteiger partial charge in [0.05, 0.1) is 9.52 Å². The summed E-state index contributed by atoms with van der Waals surface area (Å²) in [5.41, 5.74) is 0. The van der Waals surface area contributed by atoms with Crippen molar-refractivity contribution in [3.8, 4) is 0 Å². The summed E-state index contributed by atoms with van der Waals surface area (Å²) < 4.78 is 12.6. The SMILES string of the molecule is C[Si](C)(C)OC(O[Si](C)(C)C)[SiH2]CCCCCCCC[Si](Cl)(Cl)Cl. The Balaban J connectivity index is 3.80. The second kappa shape index (κ2) is 12.2. The zero-order chi connectivity index (χ0) is 18.9. The van der Waals surface area contributed by atoms with E-state index in [0.717, 1.165) is 12.5 Å². The Morgan fingerprint density at radius 3 is 1.54 bits per heavy atom. The van der Waals surface area contributed by atoms with Crippen LogP contribution in [0, 0.1) is 0 Å². The van der Waals surface area contributed by atoms with E-state index in [1.165, 1.54) is 38.1 Å². The molecule has 0 fully saturated rings. The Hall–Kier alpha value is 1.66. The summed E-state index contributed by atoms with van der Waals surface area (Å²) in [7, 11) is -3.36. The fourth-order valence-corrected chi connectivity index (χ4v) is 11.0. The number of unbranched alkanes of at least 4 members (excludes halogenated alkanes) is 5. The zero-order valence-electron chi connectivity index (χ0n) is 16.4. The fourth-order valence-electron chi connectivity index (χ4n) is 2.45. The molecule has 0 heterocycles. The lowest BCUT2D eigenvalue weighted by atomic mass is 10.1. The van der Waals surface area contributed by atoms with Crippen molar-refractivity contribution in [3.05, 3.63) is 0 Å². The Kier molecular flexibility index (Phi) is 13.0. The van der Waals surface area contributed by atoms with Gasteiger partial charge in [-0.15, -0.1) is 33.2 Å². The molecule has 0 aromatic carbocycles.